The van der Waals surface area contributed by atoms with Gasteiger partial charge in [0.2, 0.25) is 5.91 Å². The minimum atomic E-state index is -0.479. The van der Waals surface area contributed by atoms with Gasteiger partial charge in [0.25, 0.3) is 0 Å². The van der Waals surface area contributed by atoms with Gasteiger partial charge in [0.15, 0.2) is 0 Å². The number of nitrogens with one attached hydrogen (secondary N) is 1. The number of ether oxygens (including phenoxy) is 2. The first kappa shape index (κ1) is 19.1. The molecule has 1 aliphatic rings. The van der Waals surface area contributed by atoms with E-state index in [0.29, 0.717) is 13.1 Å². The number of likely N-dealkylation sites (tertiary alicyclic amines) is 1. The van der Waals surface area contributed by atoms with E-state index in [4.69, 9.17) is 9.47 Å². The van der Waals surface area contributed by atoms with Crippen LogP contribution in [0, 0.1) is 0 Å². The Balaban J connectivity index is 1.76. The first-order valence-electron chi connectivity index (χ1n) is 8.63. The SMILES string of the molecule is CC(=O)N[C@H](C)Cc1ccc(OC2CN(C(=O)OC(C)(C)C)C2)cc1. The summed E-state index contributed by atoms with van der Waals surface area (Å²) in [6.07, 6.45) is 0.474. The van der Waals surface area contributed by atoms with E-state index in [0.717, 1.165) is 17.7 Å². The Kier molecular flexibility index (Phi) is 5.93. The third kappa shape index (κ3) is 6.29. The van der Waals surface area contributed by atoms with Gasteiger partial charge in [-0.25, -0.2) is 4.79 Å². The molecular weight excluding hydrogens is 320 g/mol. The van der Waals surface area contributed by atoms with Crippen LogP contribution in [0.4, 0.5) is 4.79 Å². The molecule has 0 radical (unpaired) electrons. The minimum absolute atomic E-state index is 0.00308. The number of rotatable bonds is 5. The molecule has 1 atom stereocenters. The Hall–Kier alpha value is -2.24. The van der Waals surface area contributed by atoms with Crippen LogP contribution < -0.4 is 10.1 Å². The van der Waals surface area contributed by atoms with Crippen molar-refractivity contribution in [1.82, 2.24) is 10.2 Å². The van der Waals surface area contributed by atoms with Crippen LogP contribution >= 0.6 is 0 Å². The summed E-state index contributed by atoms with van der Waals surface area (Å²) in [5, 5.41) is 2.87. The van der Waals surface area contributed by atoms with E-state index in [1.54, 1.807) is 4.90 Å². The number of hydrogen-bond acceptors (Lipinski definition) is 4. The smallest absolute Gasteiger partial charge is 0.410 e. The van der Waals surface area contributed by atoms with Gasteiger partial charge < -0.3 is 19.7 Å². The van der Waals surface area contributed by atoms with Gasteiger partial charge in [-0.05, 0) is 51.8 Å². The molecule has 0 unspecified atom stereocenters. The maximum absolute atomic E-state index is 11.9. The lowest BCUT2D eigenvalue weighted by atomic mass is 10.1. The number of carbonyl (C=O) groups is 2. The second-order valence-electron chi connectivity index (χ2n) is 7.57. The highest BCUT2D eigenvalue weighted by Gasteiger charge is 2.35. The Bertz CT molecular complexity index is 601. The summed E-state index contributed by atoms with van der Waals surface area (Å²) in [6, 6.07) is 7.94. The van der Waals surface area contributed by atoms with Crippen molar-refractivity contribution in [3.63, 3.8) is 0 Å². The highest BCUT2D eigenvalue weighted by atomic mass is 16.6. The monoisotopic (exact) mass is 348 g/mol. The summed E-state index contributed by atoms with van der Waals surface area (Å²) in [5.41, 5.74) is 0.658. The Labute approximate surface area is 149 Å². The van der Waals surface area contributed by atoms with Crippen LogP contribution in [0.1, 0.15) is 40.2 Å². The highest BCUT2D eigenvalue weighted by molar-refractivity contribution is 5.73. The molecule has 0 saturated carbocycles. The molecule has 1 heterocycles. The fourth-order valence-electron chi connectivity index (χ4n) is 2.64. The third-order valence-electron chi connectivity index (χ3n) is 3.72. The number of nitrogens with zero attached hydrogens (tertiary/aromatic N) is 1. The molecule has 1 aromatic carbocycles. The van der Waals surface area contributed by atoms with Gasteiger partial charge in [-0.3, -0.25) is 4.79 Å². The summed E-state index contributed by atoms with van der Waals surface area (Å²) >= 11 is 0. The second-order valence-corrected chi connectivity index (χ2v) is 7.57. The van der Waals surface area contributed by atoms with Crippen molar-refractivity contribution in [1.29, 1.82) is 0 Å². The molecule has 0 spiro atoms. The van der Waals surface area contributed by atoms with Crippen molar-refractivity contribution < 1.29 is 19.1 Å². The number of amides is 2. The van der Waals surface area contributed by atoms with E-state index in [1.807, 2.05) is 52.0 Å². The fraction of sp³-hybridized carbons (Fsp3) is 0.579. The van der Waals surface area contributed by atoms with Crippen molar-refractivity contribution in [3.8, 4) is 5.75 Å². The molecule has 1 fully saturated rings. The molecule has 0 bridgehead atoms. The van der Waals surface area contributed by atoms with Crippen LogP contribution in [0.15, 0.2) is 24.3 Å². The van der Waals surface area contributed by atoms with Gasteiger partial charge in [-0.2, -0.15) is 0 Å². The topological polar surface area (TPSA) is 67.9 Å². The minimum Gasteiger partial charge on any atom is -0.487 e. The van der Waals surface area contributed by atoms with E-state index >= 15 is 0 Å². The molecule has 0 aliphatic carbocycles. The average molecular weight is 348 g/mol. The number of benzene rings is 1. The summed E-state index contributed by atoms with van der Waals surface area (Å²) in [6.45, 7) is 10.1. The van der Waals surface area contributed by atoms with E-state index in [9.17, 15) is 9.59 Å². The molecule has 1 saturated heterocycles. The Morgan fingerprint density at radius 2 is 1.84 bits per heavy atom. The van der Waals surface area contributed by atoms with Gasteiger partial charge >= 0.3 is 6.09 Å². The second kappa shape index (κ2) is 7.76. The maximum atomic E-state index is 11.9. The van der Waals surface area contributed by atoms with Gasteiger partial charge in [0.05, 0.1) is 13.1 Å². The van der Waals surface area contributed by atoms with Gasteiger partial charge in [-0.15, -0.1) is 0 Å². The fourth-order valence-corrected chi connectivity index (χ4v) is 2.64. The van der Waals surface area contributed by atoms with Crippen LogP contribution in [0.25, 0.3) is 0 Å². The van der Waals surface area contributed by atoms with Gasteiger partial charge in [0, 0.05) is 13.0 Å². The molecule has 1 aliphatic heterocycles. The third-order valence-corrected chi connectivity index (χ3v) is 3.72. The van der Waals surface area contributed by atoms with Crippen molar-refractivity contribution in [3.05, 3.63) is 29.8 Å². The lowest BCUT2D eigenvalue weighted by Gasteiger charge is -2.39. The summed E-state index contributed by atoms with van der Waals surface area (Å²) < 4.78 is 11.2. The number of carbonyl (C=O) groups excluding carboxylic acids is 2. The molecular formula is C19H28N2O4. The molecule has 25 heavy (non-hydrogen) atoms. The molecule has 2 rings (SSSR count). The summed E-state index contributed by atoms with van der Waals surface area (Å²) in [4.78, 5) is 24.6. The molecule has 2 amide bonds. The average Bonchev–Trinajstić information content (AvgIpc) is 2.41. The summed E-state index contributed by atoms with van der Waals surface area (Å²) in [5.74, 6) is 0.761. The van der Waals surface area contributed by atoms with Crippen LogP contribution in [0.3, 0.4) is 0 Å². The maximum Gasteiger partial charge on any atom is 0.410 e. The molecule has 6 heteroatoms. The molecule has 6 nitrogen and oxygen atoms in total. The first-order chi connectivity index (χ1) is 11.6. The predicted octanol–water partition coefficient (Wildman–Crippen LogP) is 2.75. The number of hydrogen-bond donors (Lipinski definition) is 1. The zero-order chi connectivity index (χ0) is 18.6. The van der Waals surface area contributed by atoms with E-state index < -0.39 is 5.60 Å². The van der Waals surface area contributed by atoms with Crippen LogP contribution in [-0.4, -0.2) is 47.7 Å². The zero-order valence-corrected chi connectivity index (χ0v) is 15.7. The largest absolute Gasteiger partial charge is 0.487 e. The van der Waals surface area contributed by atoms with Crippen molar-refractivity contribution in [2.75, 3.05) is 13.1 Å². The van der Waals surface area contributed by atoms with E-state index in [2.05, 4.69) is 5.32 Å². The van der Waals surface area contributed by atoms with Crippen LogP contribution in [0.2, 0.25) is 0 Å². The molecule has 1 aromatic rings. The van der Waals surface area contributed by atoms with Crippen molar-refractivity contribution in [2.45, 2.75) is 58.8 Å². The van der Waals surface area contributed by atoms with Gasteiger partial charge in [0.1, 0.15) is 17.5 Å². The van der Waals surface area contributed by atoms with Crippen molar-refractivity contribution in [2.24, 2.45) is 0 Å². The Morgan fingerprint density at radius 3 is 2.36 bits per heavy atom. The molecule has 0 aromatic heterocycles. The highest BCUT2D eigenvalue weighted by Crippen LogP contribution is 2.21. The van der Waals surface area contributed by atoms with Crippen LogP contribution in [-0.2, 0) is 16.0 Å². The van der Waals surface area contributed by atoms with E-state index in [1.165, 1.54) is 6.92 Å². The van der Waals surface area contributed by atoms with Crippen molar-refractivity contribution >= 4 is 12.0 Å². The summed E-state index contributed by atoms with van der Waals surface area (Å²) in [7, 11) is 0. The molecule has 1 N–H and O–H groups in total. The Morgan fingerprint density at radius 1 is 1.24 bits per heavy atom. The first-order valence-corrected chi connectivity index (χ1v) is 8.63. The quantitative estimate of drug-likeness (QED) is 0.888. The van der Waals surface area contributed by atoms with E-state index in [-0.39, 0.29) is 24.1 Å². The lowest BCUT2D eigenvalue weighted by Crippen LogP contribution is -2.57. The standard InChI is InChI=1S/C19H28N2O4/c1-13(20-14(2)22)10-15-6-8-16(9-7-15)24-17-11-21(12-17)18(23)25-19(3,4)5/h6-9,13,17H,10-12H2,1-5H3,(H,20,22)/t13-/m1/s1. The normalized spacial score (nSPS) is 16.0. The predicted molar refractivity (Wildman–Crippen MR) is 95.6 cm³/mol. The molecule has 138 valence electrons. The lowest BCUT2D eigenvalue weighted by molar-refractivity contribution is -0.119. The van der Waals surface area contributed by atoms with Crippen LogP contribution in [0.5, 0.6) is 5.75 Å². The van der Waals surface area contributed by atoms with Gasteiger partial charge in [-0.1, -0.05) is 12.1 Å². The zero-order valence-electron chi connectivity index (χ0n) is 15.7.